The normalized spacial score (nSPS) is 9.00. The fourth-order valence-electron chi connectivity index (χ4n) is 0.601. The van der Waals surface area contributed by atoms with E-state index in [1.165, 1.54) is 4.73 Å². The van der Waals surface area contributed by atoms with Crippen LogP contribution in [0.15, 0.2) is 19.0 Å². The van der Waals surface area contributed by atoms with E-state index in [0.29, 0.717) is 0 Å². The molecule has 0 aromatic carbocycles. The molecular formula is C6H8N2O. The average molecular weight is 124 g/mol. The molecule has 1 aromatic heterocycles. The lowest BCUT2D eigenvalue weighted by atomic mass is 10.6. The summed E-state index contributed by atoms with van der Waals surface area (Å²) in [6.07, 6.45) is 5.00. The second-order valence-corrected chi connectivity index (χ2v) is 1.50. The van der Waals surface area contributed by atoms with Gasteiger partial charge in [0, 0.05) is 6.20 Å². The van der Waals surface area contributed by atoms with Gasteiger partial charge in [0.15, 0.2) is 5.82 Å². The number of hydrogen-bond donors (Lipinski definition) is 0. The third-order valence-corrected chi connectivity index (χ3v) is 1.01. The first-order valence-corrected chi connectivity index (χ1v) is 2.58. The smallest absolute Gasteiger partial charge is 0.167 e. The molecule has 0 amide bonds. The van der Waals surface area contributed by atoms with E-state index in [0.717, 1.165) is 5.82 Å². The molecule has 0 aliphatic rings. The molecule has 0 saturated heterocycles. The minimum absolute atomic E-state index is 0.720. The molecule has 0 bridgehead atoms. The topological polar surface area (TPSA) is 27.1 Å². The zero-order valence-corrected chi connectivity index (χ0v) is 5.24. The van der Waals surface area contributed by atoms with E-state index in [2.05, 4.69) is 11.6 Å². The summed E-state index contributed by atoms with van der Waals surface area (Å²) in [5.41, 5.74) is 0. The van der Waals surface area contributed by atoms with Crippen molar-refractivity contribution in [1.29, 1.82) is 0 Å². The zero-order chi connectivity index (χ0) is 6.69. The Morgan fingerprint density at radius 1 is 1.89 bits per heavy atom. The molecular weight excluding hydrogens is 116 g/mol. The number of aromatic nitrogens is 2. The summed E-state index contributed by atoms with van der Waals surface area (Å²) in [6, 6.07) is 0. The summed E-state index contributed by atoms with van der Waals surface area (Å²) in [5.74, 6) is 0.720. The summed E-state index contributed by atoms with van der Waals surface area (Å²) in [6.45, 7) is 3.55. The molecule has 0 radical (unpaired) electrons. The first-order valence-electron chi connectivity index (χ1n) is 2.58. The Kier molecular flexibility index (Phi) is 1.53. The first kappa shape index (κ1) is 5.88. The number of nitrogens with zero attached hydrogens (tertiary/aromatic N) is 2. The van der Waals surface area contributed by atoms with Gasteiger partial charge < -0.3 is 4.84 Å². The van der Waals surface area contributed by atoms with Gasteiger partial charge in [-0.1, -0.05) is 6.58 Å². The highest BCUT2D eigenvalue weighted by Crippen LogP contribution is 1.93. The maximum Gasteiger partial charge on any atom is 0.167 e. The Bertz CT molecular complexity index is 205. The van der Waals surface area contributed by atoms with Crippen molar-refractivity contribution >= 4 is 6.08 Å². The summed E-state index contributed by atoms with van der Waals surface area (Å²) in [4.78, 5) is 8.78. The molecule has 0 saturated carbocycles. The first-order chi connectivity index (χ1) is 4.38. The molecule has 0 atom stereocenters. The fraction of sp³-hybridized carbons (Fsp3) is 0.167. The molecule has 1 aromatic rings. The van der Waals surface area contributed by atoms with Crippen LogP contribution in [0.4, 0.5) is 0 Å². The monoisotopic (exact) mass is 124 g/mol. The minimum atomic E-state index is 0.720. The van der Waals surface area contributed by atoms with Crippen molar-refractivity contribution < 1.29 is 4.84 Å². The van der Waals surface area contributed by atoms with Crippen molar-refractivity contribution in [2.75, 3.05) is 7.11 Å². The Balaban J connectivity index is 2.98. The molecule has 0 aliphatic carbocycles. The van der Waals surface area contributed by atoms with Gasteiger partial charge in [-0.05, 0) is 6.08 Å². The van der Waals surface area contributed by atoms with Crippen LogP contribution in [0.1, 0.15) is 5.82 Å². The van der Waals surface area contributed by atoms with Crippen LogP contribution >= 0.6 is 0 Å². The van der Waals surface area contributed by atoms with E-state index in [9.17, 15) is 0 Å². The zero-order valence-electron chi connectivity index (χ0n) is 5.24. The molecule has 0 spiro atoms. The summed E-state index contributed by atoms with van der Waals surface area (Å²) in [5, 5.41) is 0. The van der Waals surface area contributed by atoms with E-state index in [4.69, 9.17) is 4.84 Å². The van der Waals surface area contributed by atoms with Gasteiger partial charge in [-0.25, -0.2) is 4.98 Å². The van der Waals surface area contributed by atoms with Crippen LogP contribution in [0.5, 0.6) is 0 Å². The van der Waals surface area contributed by atoms with Gasteiger partial charge in [0.25, 0.3) is 0 Å². The molecule has 0 unspecified atom stereocenters. The Labute approximate surface area is 53.5 Å². The predicted molar refractivity (Wildman–Crippen MR) is 34.8 cm³/mol. The lowest BCUT2D eigenvalue weighted by molar-refractivity contribution is 0.165. The van der Waals surface area contributed by atoms with Gasteiger partial charge in [0.1, 0.15) is 7.11 Å². The van der Waals surface area contributed by atoms with Gasteiger partial charge in [-0.2, -0.15) is 4.73 Å². The van der Waals surface area contributed by atoms with E-state index in [-0.39, 0.29) is 0 Å². The number of hydrogen-bond acceptors (Lipinski definition) is 2. The van der Waals surface area contributed by atoms with Crippen LogP contribution in [0.25, 0.3) is 6.08 Å². The molecule has 0 aliphatic heterocycles. The Hall–Kier alpha value is -1.25. The van der Waals surface area contributed by atoms with Crippen molar-refractivity contribution in [2.45, 2.75) is 0 Å². The van der Waals surface area contributed by atoms with E-state index in [1.807, 2.05) is 0 Å². The van der Waals surface area contributed by atoms with E-state index in [1.54, 1.807) is 25.6 Å². The quantitative estimate of drug-likeness (QED) is 0.576. The lowest BCUT2D eigenvalue weighted by Crippen LogP contribution is -2.05. The number of rotatable bonds is 2. The second-order valence-electron chi connectivity index (χ2n) is 1.50. The van der Waals surface area contributed by atoms with Crippen LogP contribution in [0.2, 0.25) is 0 Å². The van der Waals surface area contributed by atoms with Crippen molar-refractivity contribution in [3.63, 3.8) is 0 Å². The lowest BCUT2D eigenvalue weighted by Gasteiger charge is -1.98. The maximum absolute atomic E-state index is 4.86. The van der Waals surface area contributed by atoms with Crippen LogP contribution < -0.4 is 4.84 Å². The van der Waals surface area contributed by atoms with Gasteiger partial charge in [0.2, 0.25) is 0 Å². The highest BCUT2D eigenvalue weighted by atomic mass is 16.6. The van der Waals surface area contributed by atoms with Crippen LogP contribution in [0, 0.1) is 0 Å². The Morgan fingerprint density at radius 2 is 2.67 bits per heavy atom. The fourth-order valence-corrected chi connectivity index (χ4v) is 0.601. The van der Waals surface area contributed by atoms with Crippen LogP contribution in [0.3, 0.4) is 0 Å². The molecule has 0 N–H and O–H groups in total. The SMILES string of the molecule is C=Cc1nccn1OC. The van der Waals surface area contributed by atoms with E-state index >= 15 is 0 Å². The number of imidazole rings is 1. The molecule has 48 valence electrons. The standard InChI is InChI=1S/C6H8N2O/c1-3-6-7-4-5-8(6)9-2/h3-5H,1H2,2H3. The largest absolute Gasteiger partial charge is 0.416 e. The molecule has 3 heteroatoms. The second kappa shape index (κ2) is 2.35. The van der Waals surface area contributed by atoms with Crippen LogP contribution in [-0.4, -0.2) is 16.8 Å². The molecule has 9 heavy (non-hydrogen) atoms. The highest BCUT2D eigenvalue weighted by molar-refractivity contribution is 5.35. The summed E-state index contributed by atoms with van der Waals surface area (Å²) in [7, 11) is 1.58. The molecule has 0 fully saturated rings. The third kappa shape index (κ3) is 0.937. The highest BCUT2D eigenvalue weighted by Gasteiger charge is 1.92. The average Bonchev–Trinajstić information content (AvgIpc) is 2.33. The van der Waals surface area contributed by atoms with Crippen molar-refractivity contribution in [2.24, 2.45) is 0 Å². The summed E-state index contributed by atoms with van der Waals surface area (Å²) >= 11 is 0. The predicted octanol–water partition coefficient (Wildman–Crippen LogP) is 0.585. The van der Waals surface area contributed by atoms with Crippen molar-refractivity contribution in [3.05, 3.63) is 24.8 Å². The van der Waals surface area contributed by atoms with Crippen molar-refractivity contribution in [3.8, 4) is 0 Å². The summed E-state index contributed by atoms with van der Waals surface area (Å²) < 4.78 is 1.53. The van der Waals surface area contributed by atoms with Gasteiger partial charge in [-0.15, -0.1) is 0 Å². The molecule has 1 heterocycles. The minimum Gasteiger partial charge on any atom is -0.416 e. The van der Waals surface area contributed by atoms with Crippen LogP contribution in [-0.2, 0) is 0 Å². The maximum atomic E-state index is 4.86. The molecule has 3 nitrogen and oxygen atoms in total. The molecule has 1 rings (SSSR count). The van der Waals surface area contributed by atoms with Crippen molar-refractivity contribution in [1.82, 2.24) is 9.71 Å². The van der Waals surface area contributed by atoms with Gasteiger partial charge >= 0.3 is 0 Å². The Morgan fingerprint density at radius 3 is 3.11 bits per heavy atom. The van der Waals surface area contributed by atoms with Gasteiger partial charge in [0.05, 0.1) is 6.20 Å². The van der Waals surface area contributed by atoms with E-state index < -0.39 is 0 Å². The third-order valence-electron chi connectivity index (χ3n) is 1.01. The van der Waals surface area contributed by atoms with Gasteiger partial charge in [-0.3, -0.25) is 0 Å².